The molecular formula is C32H54N10O4+2. The maximum atomic E-state index is 12.9. The highest BCUT2D eigenvalue weighted by Gasteiger charge is 2.26. The van der Waals surface area contributed by atoms with Crippen molar-refractivity contribution in [1.82, 2.24) is 37.4 Å². The first kappa shape index (κ1) is 35.1. The molecule has 4 aromatic rings. The number of rotatable bonds is 17. The van der Waals surface area contributed by atoms with Gasteiger partial charge in [-0.2, -0.15) is 0 Å². The van der Waals surface area contributed by atoms with Crippen LogP contribution >= 0.6 is 0 Å². The molecule has 0 unspecified atom stereocenters. The van der Waals surface area contributed by atoms with Crippen LogP contribution in [-0.2, 0) is 41.3 Å². The summed E-state index contributed by atoms with van der Waals surface area (Å²) in [6.07, 6.45) is 8.00. The molecule has 0 N–H and O–H groups in total. The Hall–Kier alpha value is -3.78. The molecule has 0 spiro atoms. The van der Waals surface area contributed by atoms with E-state index in [9.17, 15) is 19.2 Å². The molecule has 14 heteroatoms. The molecule has 0 aliphatic heterocycles. The van der Waals surface area contributed by atoms with Crippen molar-refractivity contribution in [1.29, 1.82) is 0 Å². The fourth-order valence-corrected chi connectivity index (χ4v) is 6.96. The molecule has 46 heavy (non-hydrogen) atoms. The van der Waals surface area contributed by atoms with Gasteiger partial charge in [-0.05, 0) is 53.4 Å². The number of hydrogen-bond donors (Lipinski definition) is 0. The Morgan fingerprint density at radius 2 is 0.870 bits per heavy atom. The number of aromatic nitrogens is 8. The van der Waals surface area contributed by atoms with Gasteiger partial charge in [0.15, 0.2) is 22.3 Å². The van der Waals surface area contributed by atoms with E-state index >= 15 is 0 Å². The summed E-state index contributed by atoms with van der Waals surface area (Å²) in [5, 5.41) is 0. The monoisotopic (exact) mass is 642 g/mol. The molecule has 0 aromatic carbocycles. The molecule has 4 rings (SSSR count). The lowest BCUT2D eigenvalue weighted by atomic mass is 10.1. The second kappa shape index (κ2) is 14.3. The van der Waals surface area contributed by atoms with Crippen molar-refractivity contribution < 1.29 is 8.97 Å². The topological polar surface area (TPSA) is 124 Å². The lowest BCUT2D eigenvalue weighted by Gasteiger charge is -2.38. The summed E-state index contributed by atoms with van der Waals surface area (Å²) in [4.78, 5) is 59.2. The molecule has 0 saturated carbocycles. The number of unbranched alkanes of at least 4 members (excludes halogenated alkanes) is 3. The fourth-order valence-electron chi connectivity index (χ4n) is 6.96. The zero-order valence-corrected chi connectivity index (χ0v) is 29.2. The Bertz CT molecular complexity index is 1760. The molecule has 0 aliphatic rings. The molecule has 0 bridgehead atoms. The summed E-state index contributed by atoms with van der Waals surface area (Å²) >= 11 is 0. The van der Waals surface area contributed by atoms with Gasteiger partial charge in [-0.25, -0.2) is 19.6 Å². The third-order valence-electron chi connectivity index (χ3n) is 10.8. The third kappa shape index (κ3) is 6.55. The summed E-state index contributed by atoms with van der Waals surface area (Å²) in [6.45, 7) is 18.4. The maximum Gasteiger partial charge on any atom is 0.332 e. The van der Waals surface area contributed by atoms with Crippen molar-refractivity contribution in [2.24, 2.45) is 28.2 Å². The number of nitrogens with zero attached hydrogens (tertiary/aromatic N) is 10. The summed E-state index contributed by atoms with van der Waals surface area (Å²) in [5.74, 6) is 0. The zero-order valence-electron chi connectivity index (χ0n) is 29.2. The lowest BCUT2D eigenvalue weighted by Crippen LogP contribution is -2.50. The van der Waals surface area contributed by atoms with Crippen LogP contribution < -0.4 is 22.5 Å². The van der Waals surface area contributed by atoms with Gasteiger partial charge in [-0.3, -0.25) is 27.9 Å². The first-order valence-corrected chi connectivity index (χ1v) is 16.8. The number of aryl methyl sites for hydroxylation is 2. The summed E-state index contributed by atoms with van der Waals surface area (Å²) in [6, 6.07) is 0. The predicted molar refractivity (Wildman–Crippen MR) is 181 cm³/mol. The van der Waals surface area contributed by atoms with Crippen LogP contribution in [0.5, 0.6) is 0 Å². The molecule has 14 nitrogen and oxygen atoms in total. The maximum absolute atomic E-state index is 12.9. The van der Waals surface area contributed by atoms with Crippen LogP contribution in [0.4, 0.5) is 0 Å². The molecule has 0 aliphatic carbocycles. The molecular weight excluding hydrogens is 588 g/mol. The smallest absolute Gasteiger partial charge is 0.323 e. The van der Waals surface area contributed by atoms with Crippen LogP contribution in [0.3, 0.4) is 0 Å². The van der Waals surface area contributed by atoms with E-state index in [1.807, 2.05) is 9.13 Å². The summed E-state index contributed by atoms with van der Waals surface area (Å²) in [5.41, 5.74) is 0.504. The quantitative estimate of drug-likeness (QED) is 0.126. The predicted octanol–water partition coefficient (Wildman–Crippen LogP) is 1.15. The molecule has 0 fully saturated rings. The minimum Gasteiger partial charge on any atom is -0.323 e. The van der Waals surface area contributed by atoms with Gasteiger partial charge >= 0.3 is 11.4 Å². The van der Waals surface area contributed by atoms with Gasteiger partial charge in [0.05, 0.1) is 78.1 Å². The minimum absolute atomic E-state index is 0.301. The Labute approximate surface area is 269 Å². The second-order valence-electron chi connectivity index (χ2n) is 12.9. The van der Waals surface area contributed by atoms with Crippen LogP contribution in [-0.4, -0.2) is 98.7 Å². The molecule has 0 amide bonds. The largest absolute Gasteiger partial charge is 0.332 e. The number of hydrogen-bond acceptors (Lipinski definition) is 6. The van der Waals surface area contributed by atoms with Crippen LogP contribution in [0, 0.1) is 0 Å². The molecule has 4 heterocycles. The van der Waals surface area contributed by atoms with E-state index in [-0.39, 0.29) is 22.5 Å². The van der Waals surface area contributed by atoms with Crippen molar-refractivity contribution in [3.8, 4) is 0 Å². The molecule has 254 valence electrons. The van der Waals surface area contributed by atoms with Crippen molar-refractivity contribution in [3.05, 3.63) is 54.3 Å². The number of fused-ring (bicyclic) bond motifs is 2. The van der Waals surface area contributed by atoms with Gasteiger partial charge < -0.3 is 18.1 Å². The third-order valence-corrected chi connectivity index (χ3v) is 10.8. The highest BCUT2D eigenvalue weighted by molar-refractivity contribution is 5.70. The van der Waals surface area contributed by atoms with Gasteiger partial charge in [0.1, 0.15) is 0 Å². The highest BCUT2D eigenvalue weighted by Crippen LogP contribution is 2.16. The van der Waals surface area contributed by atoms with Crippen LogP contribution in [0.25, 0.3) is 22.3 Å². The first-order chi connectivity index (χ1) is 21.9. The van der Waals surface area contributed by atoms with E-state index < -0.39 is 0 Å². The van der Waals surface area contributed by atoms with Gasteiger partial charge in [0, 0.05) is 28.2 Å². The van der Waals surface area contributed by atoms with Crippen LogP contribution in [0.2, 0.25) is 0 Å². The van der Waals surface area contributed by atoms with Crippen LogP contribution in [0.15, 0.2) is 31.8 Å². The Balaban J connectivity index is 1.32. The van der Waals surface area contributed by atoms with Crippen molar-refractivity contribution >= 4 is 22.3 Å². The normalized spacial score (nSPS) is 12.6. The van der Waals surface area contributed by atoms with E-state index in [4.69, 9.17) is 0 Å². The molecule has 0 atom stereocenters. The SMILES string of the molecule is CC[N+](CC)(CCCCCC[N+](CC)(CC)CCn1cnc2c1c(=O)n(C)c(=O)n2C)CCn1cnc2c1c(=O)n(C)c(=O)n2C. The fraction of sp³-hybridized carbons (Fsp3) is 0.688. The Morgan fingerprint density at radius 3 is 1.20 bits per heavy atom. The molecule has 0 saturated heterocycles. The second-order valence-corrected chi connectivity index (χ2v) is 12.9. The first-order valence-electron chi connectivity index (χ1n) is 16.8. The van der Waals surface area contributed by atoms with E-state index in [0.717, 1.165) is 83.3 Å². The van der Waals surface area contributed by atoms with Crippen molar-refractivity contribution in [3.63, 3.8) is 0 Å². The van der Waals surface area contributed by atoms with Crippen molar-refractivity contribution in [2.75, 3.05) is 52.4 Å². The number of likely N-dealkylation sites (N-methyl/N-ethyl adjacent to an activating group) is 2. The Morgan fingerprint density at radius 1 is 0.522 bits per heavy atom. The van der Waals surface area contributed by atoms with Gasteiger partial charge in [-0.15, -0.1) is 0 Å². The molecule has 4 aromatic heterocycles. The number of quaternary nitrogens is 2. The lowest BCUT2D eigenvalue weighted by molar-refractivity contribution is -0.926. The minimum atomic E-state index is -0.364. The van der Waals surface area contributed by atoms with E-state index in [2.05, 4.69) is 37.7 Å². The average Bonchev–Trinajstić information content (AvgIpc) is 3.70. The molecule has 0 radical (unpaired) electrons. The van der Waals surface area contributed by atoms with Gasteiger partial charge in [0.25, 0.3) is 11.1 Å². The van der Waals surface area contributed by atoms with Gasteiger partial charge in [0.2, 0.25) is 0 Å². The zero-order chi connectivity index (χ0) is 33.8. The number of imidazole rings is 2. The van der Waals surface area contributed by atoms with E-state index in [1.54, 1.807) is 26.7 Å². The summed E-state index contributed by atoms with van der Waals surface area (Å²) < 4.78 is 10.9. The van der Waals surface area contributed by atoms with E-state index in [0.29, 0.717) is 35.4 Å². The average molecular weight is 643 g/mol. The Kier molecular flexibility index (Phi) is 10.9. The van der Waals surface area contributed by atoms with E-state index in [1.165, 1.54) is 36.1 Å². The standard InChI is InChI=1S/C32H54N10O4/c1-9-41(10-2,21-17-39-23-33-27-25(39)29(43)37(7)31(45)35(27)5)19-15-13-14-16-20-42(11-3,12-4)22-18-40-24-34-28-26(40)30(44)38(8)32(46)36(28)6/h23-24H,9-22H2,1-8H3/q+2. The van der Waals surface area contributed by atoms with Gasteiger partial charge in [-0.1, -0.05) is 0 Å². The van der Waals surface area contributed by atoms with Crippen LogP contribution in [0.1, 0.15) is 53.4 Å². The summed E-state index contributed by atoms with van der Waals surface area (Å²) in [7, 11) is 6.33. The van der Waals surface area contributed by atoms with Crippen molar-refractivity contribution in [2.45, 2.75) is 66.5 Å². The highest BCUT2D eigenvalue weighted by atomic mass is 16.2.